The molecule has 138 valence electrons. The molecule has 0 bridgehead atoms. The minimum absolute atomic E-state index is 0.00472. The summed E-state index contributed by atoms with van der Waals surface area (Å²) in [6.07, 6.45) is 4.06. The fourth-order valence-electron chi connectivity index (χ4n) is 3.16. The SMILES string of the molecule is CC1CCN(S(=O)(=O)c2ccc(C(=O)NCC(N)C3CC3)cc2)CC1. The van der Waals surface area contributed by atoms with Crippen molar-refractivity contribution in [2.45, 2.75) is 43.5 Å². The molecule has 1 amide bonds. The number of hydrogen-bond donors (Lipinski definition) is 2. The van der Waals surface area contributed by atoms with E-state index in [-0.39, 0.29) is 16.8 Å². The number of hydrogen-bond acceptors (Lipinski definition) is 4. The maximum absolute atomic E-state index is 12.7. The summed E-state index contributed by atoms with van der Waals surface area (Å²) < 4.78 is 26.9. The Labute approximate surface area is 149 Å². The molecule has 1 heterocycles. The van der Waals surface area contributed by atoms with E-state index in [0.29, 0.717) is 37.0 Å². The van der Waals surface area contributed by atoms with Gasteiger partial charge in [-0.05, 0) is 61.8 Å². The molecule has 3 rings (SSSR count). The standard InChI is InChI=1S/C18H27N3O3S/c1-13-8-10-21(11-9-13)25(23,24)16-6-4-15(5-7-16)18(22)20-12-17(19)14-2-3-14/h4-7,13-14,17H,2-3,8-12,19H2,1H3,(H,20,22). The van der Waals surface area contributed by atoms with Crippen molar-refractivity contribution in [3.05, 3.63) is 29.8 Å². The summed E-state index contributed by atoms with van der Waals surface area (Å²) in [7, 11) is -3.47. The van der Waals surface area contributed by atoms with Gasteiger partial charge in [-0.2, -0.15) is 4.31 Å². The number of piperidine rings is 1. The molecule has 1 aromatic rings. The van der Waals surface area contributed by atoms with Crippen LogP contribution in [-0.2, 0) is 10.0 Å². The molecule has 1 saturated carbocycles. The van der Waals surface area contributed by atoms with E-state index in [2.05, 4.69) is 12.2 Å². The van der Waals surface area contributed by atoms with Crippen LogP contribution in [0.15, 0.2) is 29.2 Å². The largest absolute Gasteiger partial charge is 0.350 e. The first-order valence-corrected chi connectivity index (χ1v) is 10.5. The lowest BCUT2D eigenvalue weighted by Crippen LogP contribution is -2.38. The van der Waals surface area contributed by atoms with Crippen molar-refractivity contribution in [1.29, 1.82) is 0 Å². The van der Waals surface area contributed by atoms with Gasteiger partial charge in [0, 0.05) is 31.2 Å². The average Bonchev–Trinajstić information content (AvgIpc) is 3.45. The second-order valence-electron chi connectivity index (χ2n) is 7.32. The quantitative estimate of drug-likeness (QED) is 0.800. The van der Waals surface area contributed by atoms with E-state index >= 15 is 0 Å². The zero-order chi connectivity index (χ0) is 18.0. The molecule has 1 saturated heterocycles. The molecule has 0 aromatic heterocycles. The zero-order valence-electron chi connectivity index (χ0n) is 14.6. The monoisotopic (exact) mass is 365 g/mol. The van der Waals surface area contributed by atoms with Crippen LogP contribution in [0.25, 0.3) is 0 Å². The highest BCUT2D eigenvalue weighted by Gasteiger charge is 2.29. The third-order valence-corrected chi connectivity index (χ3v) is 7.14. The Morgan fingerprint density at radius 3 is 2.36 bits per heavy atom. The Kier molecular flexibility index (Phi) is 5.46. The van der Waals surface area contributed by atoms with E-state index in [1.54, 1.807) is 12.1 Å². The van der Waals surface area contributed by atoms with Crippen LogP contribution in [0.5, 0.6) is 0 Å². The highest BCUT2D eigenvalue weighted by atomic mass is 32.2. The molecule has 1 atom stereocenters. The third-order valence-electron chi connectivity index (χ3n) is 5.22. The van der Waals surface area contributed by atoms with Crippen LogP contribution < -0.4 is 11.1 Å². The minimum Gasteiger partial charge on any atom is -0.350 e. The number of sulfonamides is 1. The third kappa shape index (κ3) is 4.40. The molecule has 1 unspecified atom stereocenters. The van der Waals surface area contributed by atoms with Gasteiger partial charge in [0.05, 0.1) is 4.90 Å². The highest BCUT2D eigenvalue weighted by Crippen LogP contribution is 2.31. The first-order valence-electron chi connectivity index (χ1n) is 9.02. The molecule has 3 N–H and O–H groups in total. The number of nitrogens with two attached hydrogens (primary N) is 1. The van der Waals surface area contributed by atoms with Crippen molar-refractivity contribution in [3.63, 3.8) is 0 Å². The van der Waals surface area contributed by atoms with Crippen molar-refractivity contribution in [1.82, 2.24) is 9.62 Å². The molecule has 0 radical (unpaired) electrons. The summed E-state index contributed by atoms with van der Waals surface area (Å²) in [5.41, 5.74) is 6.43. The summed E-state index contributed by atoms with van der Waals surface area (Å²) in [5, 5.41) is 2.82. The van der Waals surface area contributed by atoms with Crippen LogP contribution in [0.2, 0.25) is 0 Å². The van der Waals surface area contributed by atoms with E-state index in [9.17, 15) is 13.2 Å². The fourth-order valence-corrected chi connectivity index (χ4v) is 4.63. The van der Waals surface area contributed by atoms with Crippen LogP contribution in [-0.4, -0.2) is 44.3 Å². The molecule has 2 fully saturated rings. The van der Waals surface area contributed by atoms with Gasteiger partial charge in [-0.15, -0.1) is 0 Å². The zero-order valence-corrected chi connectivity index (χ0v) is 15.5. The summed E-state index contributed by atoms with van der Waals surface area (Å²) in [6, 6.07) is 6.17. The lowest BCUT2D eigenvalue weighted by molar-refractivity contribution is 0.0950. The van der Waals surface area contributed by atoms with Crippen molar-refractivity contribution < 1.29 is 13.2 Å². The molecule has 6 nitrogen and oxygen atoms in total. The minimum atomic E-state index is -3.47. The molecule has 1 aliphatic heterocycles. The van der Waals surface area contributed by atoms with Crippen LogP contribution in [0.4, 0.5) is 0 Å². The van der Waals surface area contributed by atoms with Crippen LogP contribution >= 0.6 is 0 Å². The molecule has 25 heavy (non-hydrogen) atoms. The van der Waals surface area contributed by atoms with Gasteiger partial charge in [-0.3, -0.25) is 4.79 Å². The van der Waals surface area contributed by atoms with Crippen molar-refractivity contribution in [2.24, 2.45) is 17.6 Å². The fraction of sp³-hybridized carbons (Fsp3) is 0.611. The Balaban J connectivity index is 1.61. The smallest absolute Gasteiger partial charge is 0.251 e. The topological polar surface area (TPSA) is 92.5 Å². The van der Waals surface area contributed by atoms with Gasteiger partial charge in [0.15, 0.2) is 0 Å². The normalized spacial score (nSPS) is 21.0. The lowest BCUT2D eigenvalue weighted by atomic mass is 10.0. The highest BCUT2D eigenvalue weighted by molar-refractivity contribution is 7.89. The van der Waals surface area contributed by atoms with Gasteiger partial charge >= 0.3 is 0 Å². The predicted molar refractivity (Wildman–Crippen MR) is 96.6 cm³/mol. The number of rotatable bonds is 6. The van der Waals surface area contributed by atoms with Crippen molar-refractivity contribution >= 4 is 15.9 Å². The van der Waals surface area contributed by atoms with Crippen LogP contribution in [0, 0.1) is 11.8 Å². The number of carbonyl (C=O) groups is 1. The Morgan fingerprint density at radius 2 is 1.80 bits per heavy atom. The van der Waals surface area contributed by atoms with E-state index < -0.39 is 10.0 Å². The number of nitrogens with one attached hydrogen (secondary N) is 1. The number of amides is 1. The second kappa shape index (κ2) is 7.43. The molecule has 1 aromatic carbocycles. The molecule has 1 aliphatic carbocycles. The summed E-state index contributed by atoms with van der Waals surface area (Å²) in [5.74, 6) is 0.881. The molecular formula is C18H27N3O3S. The Hall–Kier alpha value is -1.44. The van der Waals surface area contributed by atoms with Crippen LogP contribution in [0.3, 0.4) is 0 Å². The van der Waals surface area contributed by atoms with Gasteiger partial charge in [0.1, 0.15) is 0 Å². The Morgan fingerprint density at radius 1 is 1.20 bits per heavy atom. The summed E-state index contributed by atoms with van der Waals surface area (Å²) >= 11 is 0. The van der Waals surface area contributed by atoms with Gasteiger partial charge in [0.25, 0.3) is 5.91 Å². The molecular weight excluding hydrogens is 338 g/mol. The molecule has 2 aliphatic rings. The van der Waals surface area contributed by atoms with E-state index in [1.807, 2.05) is 0 Å². The van der Waals surface area contributed by atoms with E-state index in [1.165, 1.54) is 16.4 Å². The van der Waals surface area contributed by atoms with Crippen molar-refractivity contribution in [3.8, 4) is 0 Å². The first-order chi connectivity index (χ1) is 11.9. The second-order valence-corrected chi connectivity index (χ2v) is 9.26. The van der Waals surface area contributed by atoms with Gasteiger partial charge in [-0.1, -0.05) is 6.92 Å². The average molecular weight is 365 g/mol. The van der Waals surface area contributed by atoms with Gasteiger partial charge in [-0.25, -0.2) is 8.42 Å². The molecule has 0 spiro atoms. The van der Waals surface area contributed by atoms with E-state index in [0.717, 1.165) is 25.7 Å². The van der Waals surface area contributed by atoms with Crippen molar-refractivity contribution in [2.75, 3.05) is 19.6 Å². The predicted octanol–water partition coefficient (Wildman–Crippen LogP) is 1.57. The lowest BCUT2D eigenvalue weighted by Gasteiger charge is -2.29. The summed E-state index contributed by atoms with van der Waals surface area (Å²) in [6.45, 7) is 3.72. The van der Waals surface area contributed by atoms with E-state index in [4.69, 9.17) is 5.73 Å². The molecule has 7 heteroatoms. The number of benzene rings is 1. The van der Waals surface area contributed by atoms with Gasteiger partial charge in [0.2, 0.25) is 10.0 Å². The maximum atomic E-state index is 12.7. The summed E-state index contributed by atoms with van der Waals surface area (Å²) in [4.78, 5) is 12.4. The number of nitrogens with zero attached hydrogens (tertiary/aromatic N) is 1. The number of carbonyl (C=O) groups excluding carboxylic acids is 1. The first kappa shape index (κ1) is 18.4. The Bertz CT molecular complexity index is 706. The van der Waals surface area contributed by atoms with Crippen LogP contribution in [0.1, 0.15) is 43.0 Å². The van der Waals surface area contributed by atoms with Gasteiger partial charge < -0.3 is 11.1 Å². The maximum Gasteiger partial charge on any atom is 0.251 e.